The van der Waals surface area contributed by atoms with Crippen LogP contribution in [0.2, 0.25) is 0 Å². The number of aliphatic hydroxyl groups excluding tert-OH is 1. The van der Waals surface area contributed by atoms with Gasteiger partial charge in [0.15, 0.2) is 0 Å². The fourth-order valence-electron chi connectivity index (χ4n) is 2.20. The van der Waals surface area contributed by atoms with E-state index in [9.17, 15) is 0 Å². The van der Waals surface area contributed by atoms with Crippen molar-refractivity contribution in [2.24, 2.45) is 11.3 Å². The predicted octanol–water partition coefficient (Wildman–Crippen LogP) is 2.48. The predicted molar refractivity (Wildman–Crippen MR) is 51.4 cm³/mol. The Kier molecular flexibility index (Phi) is 1.77. The van der Waals surface area contributed by atoms with Crippen LogP contribution in [0.5, 0.6) is 0 Å². The van der Waals surface area contributed by atoms with E-state index in [1.165, 1.54) is 5.56 Å². The Labute approximate surface area is 77.0 Å². The quantitative estimate of drug-likeness (QED) is 0.745. The molecular weight excluding hydrogens is 168 g/mol. The van der Waals surface area contributed by atoms with Crippen LogP contribution in [-0.2, 0) is 0 Å². The van der Waals surface area contributed by atoms with E-state index in [0.29, 0.717) is 23.9 Å². The lowest BCUT2D eigenvalue weighted by Gasteiger charge is -1.98. The first-order chi connectivity index (χ1) is 5.68. The monoisotopic (exact) mass is 182 g/mol. The van der Waals surface area contributed by atoms with Crippen molar-refractivity contribution < 1.29 is 5.11 Å². The fourth-order valence-corrected chi connectivity index (χ4v) is 2.90. The highest BCUT2D eigenvalue weighted by atomic mass is 32.1. The van der Waals surface area contributed by atoms with Gasteiger partial charge >= 0.3 is 0 Å². The molecule has 1 aliphatic rings. The van der Waals surface area contributed by atoms with E-state index in [2.05, 4.69) is 30.7 Å². The van der Waals surface area contributed by atoms with Gasteiger partial charge in [0.05, 0.1) is 0 Å². The van der Waals surface area contributed by atoms with Gasteiger partial charge in [0.1, 0.15) is 0 Å². The maximum absolute atomic E-state index is 9.11. The van der Waals surface area contributed by atoms with Gasteiger partial charge in [-0.2, -0.15) is 11.3 Å². The van der Waals surface area contributed by atoms with Gasteiger partial charge in [0.25, 0.3) is 0 Å². The Morgan fingerprint density at radius 3 is 2.75 bits per heavy atom. The number of rotatable bonds is 2. The lowest BCUT2D eigenvalue weighted by molar-refractivity contribution is 0.257. The van der Waals surface area contributed by atoms with Crippen LogP contribution >= 0.6 is 11.3 Å². The smallest absolute Gasteiger partial charge is 0.0470 e. The van der Waals surface area contributed by atoms with Crippen molar-refractivity contribution in [3.8, 4) is 0 Å². The van der Waals surface area contributed by atoms with Crippen molar-refractivity contribution in [3.63, 3.8) is 0 Å². The minimum absolute atomic E-state index is 0.315. The molecule has 2 heteroatoms. The molecule has 2 atom stereocenters. The second kappa shape index (κ2) is 2.57. The molecule has 1 N–H and O–H groups in total. The molecule has 1 aliphatic carbocycles. The van der Waals surface area contributed by atoms with E-state index >= 15 is 0 Å². The molecular formula is C10H14OS. The van der Waals surface area contributed by atoms with Gasteiger partial charge < -0.3 is 5.11 Å². The van der Waals surface area contributed by atoms with Crippen LogP contribution in [0.15, 0.2) is 16.8 Å². The van der Waals surface area contributed by atoms with Gasteiger partial charge in [0, 0.05) is 6.61 Å². The molecule has 1 heterocycles. The molecule has 1 aromatic heterocycles. The first kappa shape index (κ1) is 8.27. The van der Waals surface area contributed by atoms with Crippen molar-refractivity contribution >= 4 is 11.3 Å². The standard InChI is InChI=1S/C10H14OS/c1-10(2)8(5-11)9(10)7-3-4-12-6-7/h3-4,6,8-9,11H,5H2,1-2H3. The lowest BCUT2D eigenvalue weighted by Crippen LogP contribution is -1.93. The van der Waals surface area contributed by atoms with Crippen LogP contribution in [-0.4, -0.2) is 11.7 Å². The Balaban J connectivity index is 2.19. The molecule has 0 spiro atoms. The van der Waals surface area contributed by atoms with Gasteiger partial charge in [-0.3, -0.25) is 0 Å². The fraction of sp³-hybridized carbons (Fsp3) is 0.600. The van der Waals surface area contributed by atoms with Gasteiger partial charge in [-0.05, 0) is 39.6 Å². The molecule has 1 aromatic rings. The Bertz CT molecular complexity index is 263. The summed E-state index contributed by atoms with van der Waals surface area (Å²) in [6.07, 6.45) is 0. The van der Waals surface area contributed by atoms with E-state index in [1.54, 1.807) is 11.3 Å². The third-order valence-electron chi connectivity index (χ3n) is 3.15. The van der Waals surface area contributed by atoms with Crippen molar-refractivity contribution in [2.75, 3.05) is 6.61 Å². The first-order valence-corrected chi connectivity index (χ1v) is 5.25. The first-order valence-electron chi connectivity index (χ1n) is 4.31. The van der Waals surface area contributed by atoms with Gasteiger partial charge in [-0.25, -0.2) is 0 Å². The summed E-state index contributed by atoms with van der Waals surface area (Å²) in [5, 5.41) is 13.4. The van der Waals surface area contributed by atoms with Crippen LogP contribution in [0.4, 0.5) is 0 Å². The van der Waals surface area contributed by atoms with Gasteiger partial charge in [-0.1, -0.05) is 13.8 Å². The van der Waals surface area contributed by atoms with Gasteiger partial charge in [0.2, 0.25) is 0 Å². The summed E-state index contributed by atoms with van der Waals surface area (Å²) in [6, 6.07) is 2.17. The lowest BCUT2D eigenvalue weighted by atomic mass is 10.1. The highest BCUT2D eigenvalue weighted by molar-refractivity contribution is 7.08. The van der Waals surface area contributed by atoms with E-state index in [1.807, 2.05) is 0 Å². The molecule has 0 radical (unpaired) electrons. The Morgan fingerprint density at radius 2 is 2.33 bits per heavy atom. The van der Waals surface area contributed by atoms with E-state index in [0.717, 1.165) is 0 Å². The third kappa shape index (κ3) is 1.02. The summed E-state index contributed by atoms with van der Waals surface area (Å²) < 4.78 is 0. The highest BCUT2D eigenvalue weighted by Gasteiger charge is 2.57. The highest BCUT2D eigenvalue weighted by Crippen LogP contribution is 2.64. The van der Waals surface area contributed by atoms with Crippen LogP contribution in [0, 0.1) is 11.3 Å². The maximum Gasteiger partial charge on any atom is 0.0470 e. The zero-order chi connectivity index (χ0) is 8.77. The molecule has 1 fully saturated rings. The Morgan fingerprint density at radius 1 is 1.58 bits per heavy atom. The molecule has 0 amide bonds. The summed E-state index contributed by atoms with van der Waals surface area (Å²) in [6.45, 7) is 4.79. The maximum atomic E-state index is 9.11. The third-order valence-corrected chi connectivity index (χ3v) is 3.85. The van der Waals surface area contributed by atoms with Crippen LogP contribution in [0.25, 0.3) is 0 Å². The molecule has 0 saturated heterocycles. The molecule has 1 nitrogen and oxygen atoms in total. The van der Waals surface area contributed by atoms with Crippen molar-refractivity contribution in [3.05, 3.63) is 22.4 Å². The van der Waals surface area contributed by atoms with Crippen LogP contribution in [0.3, 0.4) is 0 Å². The number of hydrogen-bond acceptors (Lipinski definition) is 2. The topological polar surface area (TPSA) is 20.2 Å². The van der Waals surface area contributed by atoms with E-state index < -0.39 is 0 Å². The van der Waals surface area contributed by atoms with Crippen LogP contribution in [0.1, 0.15) is 25.3 Å². The summed E-state index contributed by atoms with van der Waals surface area (Å²) in [5.41, 5.74) is 1.72. The normalized spacial score (nSPS) is 31.9. The molecule has 2 unspecified atom stereocenters. The van der Waals surface area contributed by atoms with E-state index in [-0.39, 0.29) is 0 Å². The summed E-state index contributed by atoms with van der Waals surface area (Å²) in [4.78, 5) is 0. The SMILES string of the molecule is CC1(C)C(CO)C1c1ccsc1. The molecule has 0 aliphatic heterocycles. The Hall–Kier alpha value is -0.340. The minimum atomic E-state index is 0.315. The van der Waals surface area contributed by atoms with Crippen LogP contribution < -0.4 is 0 Å². The average Bonchev–Trinajstić information content (AvgIpc) is 2.50. The minimum Gasteiger partial charge on any atom is -0.396 e. The van der Waals surface area contributed by atoms with Crippen molar-refractivity contribution in [1.29, 1.82) is 0 Å². The molecule has 12 heavy (non-hydrogen) atoms. The van der Waals surface area contributed by atoms with E-state index in [4.69, 9.17) is 5.11 Å². The summed E-state index contributed by atoms with van der Waals surface area (Å²) in [5.74, 6) is 1.07. The summed E-state index contributed by atoms with van der Waals surface area (Å²) >= 11 is 1.74. The molecule has 66 valence electrons. The zero-order valence-electron chi connectivity index (χ0n) is 7.45. The molecule has 1 saturated carbocycles. The van der Waals surface area contributed by atoms with Crippen molar-refractivity contribution in [2.45, 2.75) is 19.8 Å². The summed E-state index contributed by atoms with van der Waals surface area (Å²) in [7, 11) is 0. The number of hydrogen-bond donors (Lipinski definition) is 1. The largest absolute Gasteiger partial charge is 0.396 e. The second-order valence-corrected chi connectivity index (χ2v) is 4.92. The average molecular weight is 182 g/mol. The molecule has 0 aromatic carbocycles. The van der Waals surface area contributed by atoms with Gasteiger partial charge in [-0.15, -0.1) is 0 Å². The van der Waals surface area contributed by atoms with Crippen molar-refractivity contribution in [1.82, 2.24) is 0 Å². The number of aliphatic hydroxyl groups is 1. The molecule has 0 bridgehead atoms. The second-order valence-electron chi connectivity index (χ2n) is 4.14. The zero-order valence-corrected chi connectivity index (χ0v) is 8.27. The molecule has 2 rings (SSSR count). The number of thiophene rings is 1.